The first-order valence-corrected chi connectivity index (χ1v) is 8.67. The van der Waals surface area contributed by atoms with Crippen molar-refractivity contribution in [2.24, 2.45) is 0 Å². The predicted octanol–water partition coefficient (Wildman–Crippen LogP) is 4.14. The second-order valence-corrected chi connectivity index (χ2v) is 6.18. The lowest BCUT2D eigenvalue weighted by atomic mass is 10.00. The van der Waals surface area contributed by atoms with Gasteiger partial charge in [-0.05, 0) is 37.3 Å². The SMILES string of the molecule is Cc1cc(-c2cnn(C3CCCCO3)c2)ccc1C(=O)CBr. The van der Waals surface area contributed by atoms with E-state index in [-0.39, 0.29) is 12.0 Å². The molecule has 1 aromatic heterocycles. The van der Waals surface area contributed by atoms with E-state index in [9.17, 15) is 4.79 Å². The third-order valence-electron chi connectivity index (χ3n) is 4.03. The quantitative estimate of drug-likeness (QED) is 0.606. The van der Waals surface area contributed by atoms with Crippen LogP contribution in [0.4, 0.5) is 0 Å². The van der Waals surface area contributed by atoms with Crippen molar-refractivity contribution < 1.29 is 9.53 Å². The fourth-order valence-electron chi connectivity index (χ4n) is 2.81. The highest BCUT2D eigenvalue weighted by atomic mass is 79.9. The van der Waals surface area contributed by atoms with Gasteiger partial charge in [0.05, 0.1) is 11.5 Å². The number of ether oxygens (including phenoxy) is 1. The highest BCUT2D eigenvalue weighted by molar-refractivity contribution is 9.09. The van der Waals surface area contributed by atoms with E-state index in [0.29, 0.717) is 5.33 Å². The molecule has 1 saturated heterocycles. The number of aromatic nitrogens is 2. The number of carbonyl (C=O) groups is 1. The van der Waals surface area contributed by atoms with Crippen molar-refractivity contribution in [1.29, 1.82) is 0 Å². The van der Waals surface area contributed by atoms with E-state index in [1.165, 1.54) is 6.42 Å². The monoisotopic (exact) mass is 362 g/mol. The maximum atomic E-state index is 11.8. The van der Waals surface area contributed by atoms with E-state index in [1.807, 2.05) is 42.2 Å². The van der Waals surface area contributed by atoms with Gasteiger partial charge < -0.3 is 4.74 Å². The number of carbonyl (C=O) groups excluding carboxylic acids is 1. The normalized spacial score (nSPS) is 18.4. The molecule has 1 aliphatic heterocycles. The highest BCUT2D eigenvalue weighted by Crippen LogP contribution is 2.26. The average Bonchev–Trinajstić information content (AvgIpc) is 3.05. The second-order valence-electron chi connectivity index (χ2n) is 5.62. The first kappa shape index (κ1) is 15.4. The van der Waals surface area contributed by atoms with Gasteiger partial charge in [0.2, 0.25) is 0 Å². The van der Waals surface area contributed by atoms with Gasteiger partial charge in [0.1, 0.15) is 6.23 Å². The van der Waals surface area contributed by atoms with Gasteiger partial charge in [0.25, 0.3) is 0 Å². The Morgan fingerprint density at radius 2 is 2.27 bits per heavy atom. The molecule has 0 bridgehead atoms. The van der Waals surface area contributed by atoms with Crippen molar-refractivity contribution in [2.45, 2.75) is 32.4 Å². The van der Waals surface area contributed by atoms with Crippen molar-refractivity contribution in [3.63, 3.8) is 0 Å². The standard InChI is InChI=1S/C17H19BrN2O2/c1-12-8-13(5-6-15(12)16(21)9-18)14-10-19-20(11-14)17-4-2-3-7-22-17/h5-6,8,10-11,17H,2-4,7,9H2,1H3. The number of Topliss-reactive ketones (excluding diaryl/α,β-unsaturated/α-hetero) is 1. The van der Waals surface area contributed by atoms with Crippen molar-refractivity contribution >= 4 is 21.7 Å². The predicted molar refractivity (Wildman–Crippen MR) is 89.4 cm³/mol. The Balaban J connectivity index is 1.84. The molecule has 0 spiro atoms. The summed E-state index contributed by atoms with van der Waals surface area (Å²) in [5, 5.41) is 4.79. The number of halogens is 1. The molecule has 1 atom stereocenters. The summed E-state index contributed by atoms with van der Waals surface area (Å²) in [5.41, 5.74) is 3.88. The molecule has 2 heterocycles. The second kappa shape index (κ2) is 6.75. The van der Waals surface area contributed by atoms with Gasteiger partial charge in [-0.3, -0.25) is 4.79 Å². The fourth-order valence-corrected chi connectivity index (χ4v) is 3.11. The van der Waals surface area contributed by atoms with Crippen LogP contribution in [0, 0.1) is 6.92 Å². The number of hydrogen-bond acceptors (Lipinski definition) is 3. The minimum atomic E-state index is 0.0536. The van der Waals surface area contributed by atoms with Gasteiger partial charge in [-0.2, -0.15) is 5.10 Å². The van der Waals surface area contributed by atoms with E-state index < -0.39 is 0 Å². The number of rotatable bonds is 4. The largest absolute Gasteiger partial charge is 0.357 e. The fraction of sp³-hybridized carbons (Fsp3) is 0.412. The van der Waals surface area contributed by atoms with Crippen LogP contribution < -0.4 is 0 Å². The van der Waals surface area contributed by atoms with Gasteiger partial charge >= 0.3 is 0 Å². The zero-order chi connectivity index (χ0) is 15.5. The van der Waals surface area contributed by atoms with Gasteiger partial charge in [-0.25, -0.2) is 4.68 Å². The number of ketones is 1. The summed E-state index contributed by atoms with van der Waals surface area (Å²) < 4.78 is 7.66. The lowest BCUT2D eigenvalue weighted by molar-refractivity contribution is -0.0394. The molecule has 4 nitrogen and oxygen atoms in total. The molecule has 22 heavy (non-hydrogen) atoms. The van der Waals surface area contributed by atoms with Gasteiger partial charge in [-0.15, -0.1) is 0 Å². The third-order valence-corrected chi connectivity index (χ3v) is 4.54. The molecule has 0 amide bonds. The molecule has 1 aromatic carbocycles. The molecule has 0 N–H and O–H groups in total. The maximum Gasteiger partial charge on any atom is 0.173 e. The Kier molecular flexibility index (Phi) is 4.74. The van der Waals surface area contributed by atoms with E-state index >= 15 is 0 Å². The van der Waals surface area contributed by atoms with Crippen molar-refractivity contribution in [1.82, 2.24) is 9.78 Å². The summed E-state index contributed by atoms with van der Waals surface area (Å²) in [7, 11) is 0. The van der Waals surface area contributed by atoms with Crippen LogP contribution in [0.3, 0.4) is 0 Å². The molecule has 1 aliphatic rings. The Morgan fingerprint density at radius 1 is 1.41 bits per heavy atom. The zero-order valence-electron chi connectivity index (χ0n) is 12.6. The lowest BCUT2D eigenvalue weighted by Crippen LogP contribution is -2.18. The summed E-state index contributed by atoms with van der Waals surface area (Å²) in [5.74, 6) is 0.107. The van der Waals surface area contributed by atoms with Crippen LogP contribution in [-0.2, 0) is 4.74 Å². The number of aryl methyl sites for hydroxylation is 1. The minimum Gasteiger partial charge on any atom is -0.357 e. The lowest BCUT2D eigenvalue weighted by Gasteiger charge is -2.22. The van der Waals surface area contributed by atoms with Crippen LogP contribution >= 0.6 is 15.9 Å². The number of hydrogen-bond donors (Lipinski definition) is 0. The first-order chi connectivity index (χ1) is 10.7. The molecule has 116 valence electrons. The van der Waals surface area contributed by atoms with Crippen LogP contribution in [0.1, 0.15) is 41.4 Å². The van der Waals surface area contributed by atoms with E-state index in [0.717, 1.165) is 41.7 Å². The maximum absolute atomic E-state index is 11.8. The first-order valence-electron chi connectivity index (χ1n) is 7.55. The summed E-state index contributed by atoms with van der Waals surface area (Å²) in [4.78, 5) is 11.8. The topological polar surface area (TPSA) is 44.1 Å². The Morgan fingerprint density at radius 3 is 2.95 bits per heavy atom. The van der Waals surface area contributed by atoms with Crippen LogP contribution in [0.25, 0.3) is 11.1 Å². The number of alkyl halides is 1. The van der Waals surface area contributed by atoms with E-state index in [4.69, 9.17) is 4.74 Å². The molecule has 0 radical (unpaired) electrons. The van der Waals surface area contributed by atoms with Gasteiger partial charge in [0, 0.05) is 23.9 Å². The zero-order valence-corrected chi connectivity index (χ0v) is 14.2. The molecule has 0 saturated carbocycles. The smallest absolute Gasteiger partial charge is 0.173 e. The average molecular weight is 363 g/mol. The molecule has 1 fully saturated rings. The van der Waals surface area contributed by atoms with Crippen molar-refractivity contribution in [3.8, 4) is 11.1 Å². The molecule has 5 heteroatoms. The third kappa shape index (κ3) is 3.15. The van der Waals surface area contributed by atoms with Crippen LogP contribution in [-0.4, -0.2) is 27.5 Å². The molecule has 2 aromatic rings. The Hall–Kier alpha value is -1.46. The molecular weight excluding hydrogens is 344 g/mol. The Bertz CT molecular complexity index is 675. The van der Waals surface area contributed by atoms with Crippen LogP contribution in [0.15, 0.2) is 30.6 Å². The van der Waals surface area contributed by atoms with Crippen LogP contribution in [0.5, 0.6) is 0 Å². The molecular formula is C17H19BrN2O2. The molecule has 1 unspecified atom stereocenters. The van der Waals surface area contributed by atoms with Crippen LogP contribution in [0.2, 0.25) is 0 Å². The summed E-state index contributed by atoms with van der Waals surface area (Å²) in [6, 6.07) is 5.91. The molecule has 0 aliphatic carbocycles. The van der Waals surface area contributed by atoms with Crippen molar-refractivity contribution in [3.05, 3.63) is 41.7 Å². The highest BCUT2D eigenvalue weighted by Gasteiger charge is 2.17. The minimum absolute atomic E-state index is 0.0536. The number of benzene rings is 1. The van der Waals surface area contributed by atoms with Gasteiger partial charge in [0.15, 0.2) is 5.78 Å². The van der Waals surface area contributed by atoms with E-state index in [2.05, 4.69) is 21.0 Å². The Labute approximate surface area is 138 Å². The molecule has 3 rings (SSSR count). The number of nitrogens with zero attached hydrogens (tertiary/aromatic N) is 2. The van der Waals surface area contributed by atoms with Gasteiger partial charge in [-0.1, -0.05) is 34.1 Å². The van der Waals surface area contributed by atoms with Crippen molar-refractivity contribution in [2.75, 3.05) is 11.9 Å². The van der Waals surface area contributed by atoms with E-state index in [1.54, 1.807) is 0 Å². The summed E-state index contributed by atoms with van der Waals surface area (Å²) >= 11 is 3.22. The summed E-state index contributed by atoms with van der Waals surface area (Å²) in [6.45, 7) is 2.77. The summed E-state index contributed by atoms with van der Waals surface area (Å²) in [6.07, 6.45) is 7.27.